The molecule has 0 unspecified atom stereocenters. The first-order valence-corrected chi connectivity index (χ1v) is 8.34. The Hall–Kier alpha value is -3.45. The number of hydrogen-bond acceptors (Lipinski definition) is 4. The lowest BCUT2D eigenvalue weighted by Crippen LogP contribution is -2.29. The molecule has 0 bridgehead atoms. The minimum absolute atomic E-state index is 0.269. The zero-order chi connectivity index (χ0) is 19.4. The number of carbonyl (C=O) groups excluding carboxylic acids is 2. The van der Waals surface area contributed by atoms with E-state index < -0.39 is 17.4 Å². The number of aromatic nitrogens is 2. The molecular weight excluding hydrogens is 368 g/mol. The van der Waals surface area contributed by atoms with Crippen LogP contribution in [-0.2, 0) is 11.3 Å². The second kappa shape index (κ2) is 7.84. The quantitative estimate of drug-likeness (QED) is 0.705. The molecule has 1 heterocycles. The molecule has 0 saturated heterocycles. The number of benzene rings is 2. The van der Waals surface area contributed by atoms with Crippen molar-refractivity contribution in [1.82, 2.24) is 9.78 Å². The van der Waals surface area contributed by atoms with Crippen molar-refractivity contribution < 1.29 is 9.59 Å². The Labute approximate surface area is 159 Å². The van der Waals surface area contributed by atoms with E-state index in [0.717, 1.165) is 4.68 Å². The fraction of sp³-hybridized carbons (Fsp3) is 0.0526. The van der Waals surface area contributed by atoms with E-state index in [1.165, 1.54) is 18.2 Å². The molecule has 3 rings (SSSR count). The fourth-order valence-electron chi connectivity index (χ4n) is 2.43. The molecule has 0 spiro atoms. The fourth-order valence-corrected chi connectivity index (χ4v) is 2.66. The molecule has 0 atom stereocenters. The van der Waals surface area contributed by atoms with Gasteiger partial charge in [-0.3, -0.25) is 14.4 Å². The summed E-state index contributed by atoms with van der Waals surface area (Å²) in [4.78, 5) is 35.3. The summed E-state index contributed by atoms with van der Waals surface area (Å²) in [7, 11) is 0. The Morgan fingerprint density at radius 1 is 1.04 bits per heavy atom. The van der Waals surface area contributed by atoms with Crippen LogP contribution in [0.1, 0.15) is 10.4 Å². The molecule has 3 aromatic rings. The van der Waals surface area contributed by atoms with Crippen molar-refractivity contribution in [3.8, 4) is 11.3 Å². The first kappa shape index (κ1) is 18.3. The third kappa shape index (κ3) is 4.39. The van der Waals surface area contributed by atoms with E-state index in [4.69, 9.17) is 17.3 Å². The molecule has 136 valence electrons. The highest BCUT2D eigenvalue weighted by atomic mass is 35.5. The zero-order valence-corrected chi connectivity index (χ0v) is 14.8. The molecule has 0 radical (unpaired) electrons. The van der Waals surface area contributed by atoms with Crippen LogP contribution in [0.25, 0.3) is 11.3 Å². The average molecular weight is 383 g/mol. The van der Waals surface area contributed by atoms with Gasteiger partial charge < -0.3 is 11.1 Å². The third-order valence-corrected chi connectivity index (χ3v) is 4.09. The molecule has 3 N–H and O–H groups in total. The number of nitrogens with zero attached hydrogens (tertiary/aromatic N) is 2. The van der Waals surface area contributed by atoms with Crippen LogP contribution in [0.5, 0.6) is 0 Å². The van der Waals surface area contributed by atoms with E-state index in [1.54, 1.807) is 42.5 Å². The second-order valence-corrected chi connectivity index (χ2v) is 6.09. The Kier molecular flexibility index (Phi) is 5.33. The first-order valence-electron chi connectivity index (χ1n) is 7.97. The number of amides is 2. The highest BCUT2D eigenvalue weighted by molar-refractivity contribution is 6.33. The first-order chi connectivity index (χ1) is 12.9. The van der Waals surface area contributed by atoms with Gasteiger partial charge in [0.1, 0.15) is 6.54 Å². The summed E-state index contributed by atoms with van der Waals surface area (Å²) < 4.78 is 1.06. The molecule has 1 aromatic heterocycles. The molecule has 7 nitrogen and oxygen atoms in total. The maximum absolute atomic E-state index is 12.2. The van der Waals surface area contributed by atoms with Crippen LogP contribution in [0.3, 0.4) is 0 Å². The largest absolute Gasteiger partial charge is 0.366 e. The third-order valence-electron chi connectivity index (χ3n) is 3.76. The minimum atomic E-state index is -0.556. The predicted octanol–water partition coefficient (Wildman–Crippen LogP) is 2.30. The van der Waals surface area contributed by atoms with E-state index >= 15 is 0 Å². The molecule has 8 heteroatoms. The topological polar surface area (TPSA) is 107 Å². The molecule has 0 aliphatic carbocycles. The molecule has 27 heavy (non-hydrogen) atoms. The highest BCUT2D eigenvalue weighted by Crippen LogP contribution is 2.24. The molecule has 0 fully saturated rings. The van der Waals surface area contributed by atoms with Gasteiger partial charge in [0.2, 0.25) is 11.8 Å². The number of halogens is 1. The van der Waals surface area contributed by atoms with Crippen LogP contribution in [-0.4, -0.2) is 21.6 Å². The van der Waals surface area contributed by atoms with Crippen molar-refractivity contribution in [2.45, 2.75) is 6.54 Å². The highest BCUT2D eigenvalue weighted by Gasteiger charge is 2.10. The van der Waals surface area contributed by atoms with Gasteiger partial charge in [-0.2, -0.15) is 5.10 Å². The van der Waals surface area contributed by atoms with Crippen molar-refractivity contribution >= 4 is 29.1 Å². The Morgan fingerprint density at radius 2 is 1.74 bits per heavy atom. The van der Waals surface area contributed by atoms with Crippen LogP contribution in [0.15, 0.2) is 65.5 Å². The standard InChI is InChI=1S/C19H15ClN4O3/c20-15-4-2-1-3-14(15)16-9-10-18(26)24(23-16)11-17(25)22-13-7-5-12(6-8-13)19(21)27/h1-10H,11H2,(H2,21,27)(H,22,25). The summed E-state index contributed by atoms with van der Waals surface area (Å²) in [6.45, 7) is -0.269. The van der Waals surface area contributed by atoms with E-state index in [2.05, 4.69) is 10.4 Å². The number of nitrogens with two attached hydrogens (primary N) is 1. The van der Waals surface area contributed by atoms with Gasteiger partial charge in [0.05, 0.1) is 10.7 Å². The molecule has 0 aliphatic heterocycles. The maximum atomic E-state index is 12.2. The Balaban J connectivity index is 1.78. The molecule has 2 amide bonds. The summed E-state index contributed by atoms with van der Waals surface area (Å²) in [5.41, 5.74) is 6.71. The van der Waals surface area contributed by atoms with Gasteiger partial charge >= 0.3 is 0 Å². The molecule has 2 aromatic carbocycles. The van der Waals surface area contributed by atoms with E-state index in [-0.39, 0.29) is 6.54 Å². The van der Waals surface area contributed by atoms with Crippen LogP contribution in [0.4, 0.5) is 5.69 Å². The van der Waals surface area contributed by atoms with Crippen LogP contribution in [0.2, 0.25) is 5.02 Å². The summed E-state index contributed by atoms with van der Waals surface area (Å²) >= 11 is 6.16. The normalized spacial score (nSPS) is 10.4. The van der Waals surface area contributed by atoms with Crippen LogP contribution in [0, 0.1) is 0 Å². The lowest BCUT2D eigenvalue weighted by atomic mass is 10.1. The number of rotatable bonds is 5. The molecule has 0 saturated carbocycles. The SMILES string of the molecule is NC(=O)c1ccc(NC(=O)Cn2nc(-c3ccccc3Cl)ccc2=O)cc1. The number of carbonyl (C=O) groups is 2. The molecule has 0 aliphatic rings. The van der Waals surface area contributed by atoms with E-state index in [1.807, 2.05) is 0 Å². The summed E-state index contributed by atoms with van der Waals surface area (Å²) in [6, 6.07) is 16.1. The summed E-state index contributed by atoms with van der Waals surface area (Å²) in [6.07, 6.45) is 0. The lowest BCUT2D eigenvalue weighted by Gasteiger charge is -2.09. The van der Waals surface area contributed by atoms with Crippen molar-refractivity contribution in [3.63, 3.8) is 0 Å². The van der Waals surface area contributed by atoms with Gasteiger partial charge in [-0.1, -0.05) is 29.8 Å². The number of anilines is 1. The number of nitrogens with one attached hydrogen (secondary N) is 1. The van der Waals surface area contributed by atoms with Gasteiger partial charge in [0.25, 0.3) is 5.56 Å². The van der Waals surface area contributed by atoms with Gasteiger partial charge in [-0.05, 0) is 36.4 Å². The minimum Gasteiger partial charge on any atom is -0.366 e. The van der Waals surface area contributed by atoms with Crippen LogP contribution < -0.4 is 16.6 Å². The van der Waals surface area contributed by atoms with Crippen molar-refractivity contribution in [2.24, 2.45) is 5.73 Å². The van der Waals surface area contributed by atoms with E-state index in [9.17, 15) is 14.4 Å². The summed E-state index contributed by atoms with van der Waals surface area (Å²) in [5, 5.41) is 7.35. The zero-order valence-electron chi connectivity index (χ0n) is 14.1. The smallest absolute Gasteiger partial charge is 0.267 e. The summed E-state index contributed by atoms with van der Waals surface area (Å²) in [5.74, 6) is -0.993. The van der Waals surface area contributed by atoms with Gasteiger partial charge in [-0.25, -0.2) is 4.68 Å². The average Bonchev–Trinajstić information content (AvgIpc) is 2.64. The van der Waals surface area contributed by atoms with Crippen molar-refractivity contribution in [1.29, 1.82) is 0 Å². The van der Waals surface area contributed by atoms with Gasteiger partial charge in [0, 0.05) is 22.9 Å². The number of hydrogen-bond donors (Lipinski definition) is 2. The Bertz CT molecular complexity index is 1060. The molecular formula is C19H15ClN4O3. The van der Waals surface area contributed by atoms with Gasteiger partial charge in [0.15, 0.2) is 0 Å². The monoisotopic (exact) mass is 382 g/mol. The van der Waals surface area contributed by atoms with Gasteiger partial charge in [-0.15, -0.1) is 0 Å². The van der Waals surface area contributed by atoms with Crippen molar-refractivity contribution in [2.75, 3.05) is 5.32 Å². The van der Waals surface area contributed by atoms with E-state index in [0.29, 0.717) is 27.5 Å². The van der Waals surface area contributed by atoms with Crippen molar-refractivity contribution in [3.05, 3.63) is 81.6 Å². The number of primary amides is 1. The predicted molar refractivity (Wildman–Crippen MR) is 103 cm³/mol. The van der Waals surface area contributed by atoms with Crippen LogP contribution >= 0.6 is 11.6 Å². The Morgan fingerprint density at radius 3 is 2.41 bits per heavy atom. The lowest BCUT2D eigenvalue weighted by molar-refractivity contribution is -0.117. The maximum Gasteiger partial charge on any atom is 0.267 e. The second-order valence-electron chi connectivity index (χ2n) is 5.68.